The molecule has 3 heteroatoms. The molecule has 0 aliphatic heterocycles. The third-order valence-electron chi connectivity index (χ3n) is 0.565. The Morgan fingerprint density at radius 2 is 2.22 bits per heavy atom. The van der Waals surface area contributed by atoms with Crippen LogP contribution in [0.3, 0.4) is 0 Å². The molecule has 0 aliphatic rings. The molecule has 3 nitrogen and oxygen atoms in total. The van der Waals surface area contributed by atoms with Gasteiger partial charge in [-0.3, -0.25) is 0 Å². The maximum Gasteiger partial charge on any atom is 0.0505 e. The van der Waals surface area contributed by atoms with Crippen LogP contribution in [0.15, 0.2) is 24.4 Å². The Labute approximate surface area is 53.9 Å². The van der Waals surface area contributed by atoms with E-state index in [0.29, 0.717) is 0 Å². The predicted molar refractivity (Wildman–Crippen MR) is 28.8 cm³/mol. The second kappa shape index (κ2) is 3.83. The van der Waals surface area contributed by atoms with Crippen molar-refractivity contribution in [2.75, 3.05) is 6.61 Å². The lowest BCUT2D eigenvalue weighted by Crippen LogP contribution is -2.10. The van der Waals surface area contributed by atoms with Crippen molar-refractivity contribution in [3.63, 3.8) is 0 Å². The van der Waals surface area contributed by atoms with E-state index in [0.717, 1.165) is 6.08 Å². The van der Waals surface area contributed by atoms with Crippen molar-refractivity contribution in [3.05, 3.63) is 24.4 Å². The fourth-order valence-corrected chi connectivity index (χ4v) is 0.315. The summed E-state index contributed by atoms with van der Waals surface area (Å²) in [5.41, 5.74) is 0. The van der Waals surface area contributed by atoms with Crippen molar-refractivity contribution in [2.24, 2.45) is 0 Å². The smallest absolute Gasteiger partial charge is 0.0505 e. The molecule has 0 aromatic heterocycles. The van der Waals surface area contributed by atoms with Gasteiger partial charge in [-0.05, 0) is 12.7 Å². The fraction of sp³-hybridized carbons (Fsp3) is 0.333. The van der Waals surface area contributed by atoms with Gasteiger partial charge in [0, 0.05) is 0 Å². The minimum atomic E-state index is -0.627. The normalized spacial score (nSPS) is 11.0. The minimum Gasteiger partial charge on any atom is -0.873 e. The van der Waals surface area contributed by atoms with E-state index in [9.17, 15) is 10.2 Å². The number of rotatable bonds is 3. The van der Waals surface area contributed by atoms with E-state index >= 15 is 0 Å². The molecule has 0 N–H and O–H groups in total. The van der Waals surface area contributed by atoms with Crippen molar-refractivity contribution < 1.29 is 14.9 Å². The summed E-state index contributed by atoms with van der Waals surface area (Å²) >= 11 is 0. The van der Waals surface area contributed by atoms with Crippen molar-refractivity contribution in [2.45, 2.75) is 6.92 Å². The Bertz CT molecular complexity index is 126. The second-order valence-electron chi connectivity index (χ2n) is 1.36. The van der Waals surface area contributed by atoms with Gasteiger partial charge >= 0.3 is 0 Å². The zero-order valence-electron chi connectivity index (χ0n) is 5.22. The van der Waals surface area contributed by atoms with Gasteiger partial charge in [-0.2, -0.15) is 0 Å². The molecular formula is C6H8O3-2. The van der Waals surface area contributed by atoms with E-state index in [-0.39, 0.29) is 6.61 Å². The average Bonchev–Trinajstić information content (AvgIpc) is 1.63. The van der Waals surface area contributed by atoms with Crippen LogP contribution in [-0.2, 0) is 4.74 Å². The van der Waals surface area contributed by atoms with Crippen LogP contribution in [0, 0.1) is 0 Å². The molecule has 0 saturated carbocycles. The molecule has 0 fully saturated rings. The highest BCUT2D eigenvalue weighted by molar-refractivity contribution is 5.03. The van der Waals surface area contributed by atoms with Gasteiger partial charge in [0.15, 0.2) is 0 Å². The largest absolute Gasteiger partial charge is 0.873 e. The Morgan fingerprint density at radius 3 is 2.56 bits per heavy atom. The van der Waals surface area contributed by atoms with E-state index in [1.807, 2.05) is 0 Å². The molecule has 9 heavy (non-hydrogen) atoms. The summed E-state index contributed by atoms with van der Waals surface area (Å²) in [6.45, 7) is 4.91. The number of ether oxygens (including phenoxy) is 1. The molecule has 0 amide bonds. The van der Waals surface area contributed by atoms with Gasteiger partial charge in [0.2, 0.25) is 0 Å². The van der Waals surface area contributed by atoms with Gasteiger partial charge in [-0.1, -0.05) is 6.92 Å². The molecule has 0 radical (unpaired) electrons. The maximum atomic E-state index is 10.3. The Morgan fingerprint density at radius 1 is 1.67 bits per heavy atom. The Hall–Kier alpha value is -1.12. The van der Waals surface area contributed by atoms with Gasteiger partial charge < -0.3 is 14.9 Å². The molecule has 0 rings (SSSR count). The monoisotopic (exact) mass is 128 g/mol. The average molecular weight is 128 g/mol. The standard InChI is InChI=1S/C6H10O3/c1-3-9-6(8)4-5(2)7/h4,7-8H,2-3H2,1H3/p-2. The fourth-order valence-electron chi connectivity index (χ4n) is 0.315. The minimum absolute atomic E-state index is 0.280. The summed E-state index contributed by atoms with van der Waals surface area (Å²) < 4.78 is 4.40. The van der Waals surface area contributed by atoms with Crippen LogP contribution in [0.4, 0.5) is 0 Å². The topological polar surface area (TPSA) is 55.3 Å². The third kappa shape index (κ3) is 4.74. The molecule has 0 aromatic rings. The van der Waals surface area contributed by atoms with Gasteiger partial charge in [0.05, 0.1) is 5.95 Å². The molecule has 0 atom stereocenters. The summed E-state index contributed by atoms with van der Waals surface area (Å²) in [4.78, 5) is 0. The van der Waals surface area contributed by atoms with Crippen molar-refractivity contribution in [3.8, 4) is 0 Å². The first kappa shape index (κ1) is 7.88. The van der Waals surface area contributed by atoms with E-state index in [1.165, 1.54) is 0 Å². The molecular weight excluding hydrogens is 120 g/mol. The van der Waals surface area contributed by atoms with Crippen LogP contribution in [0.25, 0.3) is 0 Å². The SMILES string of the molecule is C=C([O-])C=C([O-])OCC. The maximum absolute atomic E-state index is 10.3. The van der Waals surface area contributed by atoms with Gasteiger partial charge in [0.25, 0.3) is 0 Å². The summed E-state index contributed by atoms with van der Waals surface area (Å²) in [6, 6.07) is 0. The second-order valence-corrected chi connectivity index (χ2v) is 1.36. The lowest BCUT2D eigenvalue weighted by molar-refractivity contribution is -0.360. The zero-order chi connectivity index (χ0) is 7.28. The lowest BCUT2D eigenvalue weighted by atomic mass is 10.5. The van der Waals surface area contributed by atoms with Gasteiger partial charge in [-0.25, -0.2) is 0 Å². The van der Waals surface area contributed by atoms with Gasteiger partial charge in [0.1, 0.15) is 0 Å². The van der Waals surface area contributed by atoms with Crippen LogP contribution in [0.1, 0.15) is 6.92 Å². The summed E-state index contributed by atoms with van der Waals surface area (Å²) in [6.07, 6.45) is 0.809. The Kier molecular flexibility index (Phi) is 3.35. The molecule has 0 aliphatic carbocycles. The summed E-state index contributed by atoms with van der Waals surface area (Å²) in [7, 11) is 0. The number of allylic oxidation sites excluding steroid dienone is 1. The van der Waals surface area contributed by atoms with Crippen molar-refractivity contribution in [1.82, 2.24) is 0 Å². The summed E-state index contributed by atoms with van der Waals surface area (Å²) in [5, 5.41) is 20.4. The van der Waals surface area contributed by atoms with Crippen LogP contribution in [-0.4, -0.2) is 6.61 Å². The number of hydrogen-bond donors (Lipinski definition) is 0. The highest BCUT2D eigenvalue weighted by atomic mass is 16.6. The van der Waals surface area contributed by atoms with E-state index in [1.54, 1.807) is 6.92 Å². The first-order valence-corrected chi connectivity index (χ1v) is 2.54. The van der Waals surface area contributed by atoms with E-state index < -0.39 is 11.7 Å². The molecule has 0 aromatic carbocycles. The first-order chi connectivity index (χ1) is 4.16. The molecule has 0 unspecified atom stereocenters. The van der Waals surface area contributed by atoms with Crippen LogP contribution in [0.2, 0.25) is 0 Å². The molecule has 0 bridgehead atoms. The predicted octanol–water partition coefficient (Wildman–Crippen LogP) is -0.901. The molecule has 0 spiro atoms. The van der Waals surface area contributed by atoms with Crippen LogP contribution in [0.5, 0.6) is 0 Å². The highest BCUT2D eigenvalue weighted by Gasteiger charge is 1.72. The Balaban J connectivity index is 3.69. The summed E-state index contributed by atoms with van der Waals surface area (Å²) in [5.74, 6) is -1.16. The quantitative estimate of drug-likeness (QED) is 0.365. The van der Waals surface area contributed by atoms with Crippen LogP contribution >= 0.6 is 0 Å². The van der Waals surface area contributed by atoms with E-state index in [2.05, 4.69) is 11.3 Å². The number of hydrogen-bond acceptors (Lipinski definition) is 3. The van der Waals surface area contributed by atoms with Crippen molar-refractivity contribution in [1.29, 1.82) is 0 Å². The zero-order valence-corrected chi connectivity index (χ0v) is 5.22. The van der Waals surface area contributed by atoms with Gasteiger partial charge in [-0.15, -0.1) is 12.3 Å². The molecule has 52 valence electrons. The first-order valence-electron chi connectivity index (χ1n) is 2.54. The van der Waals surface area contributed by atoms with Crippen LogP contribution < -0.4 is 10.2 Å². The molecule has 0 saturated heterocycles. The van der Waals surface area contributed by atoms with E-state index in [4.69, 9.17) is 0 Å². The molecule has 0 heterocycles. The highest BCUT2D eigenvalue weighted by Crippen LogP contribution is 1.88. The van der Waals surface area contributed by atoms with Crippen molar-refractivity contribution >= 4 is 0 Å². The third-order valence-corrected chi connectivity index (χ3v) is 0.565. The lowest BCUT2D eigenvalue weighted by Gasteiger charge is -2.14.